The molecule has 64 heavy (non-hydrogen) atoms. The quantitative estimate of drug-likeness (QED) is 0.0370. The van der Waals surface area contributed by atoms with Crippen LogP contribution in [0.3, 0.4) is 0 Å². The number of nitrogens with zero attached hydrogens (tertiary/aromatic N) is 3. The zero-order valence-electron chi connectivity index (χ0n) is 38.3. The number of hydrogen-bond acceptors (Lipinski definition) is 13. The summed E-state index contributed by atoms with van der Waals surface area (Å²) in [5.41, 5.74) is 1.10. The molecule has 0 amide bonds. The maximum absolute atomic E-state index is 13.2. The zero-order valence-corrected chi connectivity index (χ0v) is 38.3. The molecule has 0 radical (unpaired) electrons. The van der Waals surface area contributed by atoms with Gasteiger partial charge < -0.3 is 43.1 Å². The lowest BCUT2D eigenvalue weighted by atomic mass is 9.86. The Balaban J connectivity index is 1.43. The van der Waals surface area contributed by atoms with E-state index >= 15 is 0 Å². The summed E-state index contributed by atoms with van der Waals surface area (Å²) in [5, 5.41) is 0. The number of ether oxygens (including phenoxy) is 6. The lowest BCUT2D eigenvalue weighted by molar-refractivity contribution is -0.163. The Morgan fingerprint density at radius 1 is 0.422 bits per heavy atom. The van der Waals surface area contributed by atoms with Crippen molar-refractivity contribution in [3.05, 3.63) is 121 Å². The number of carbonyl (C=O) groups excluding carboxylic acids is 4. The molecule has 4 aromatic carbocycles. The van der Waals surface area contributed by atoms with Crippen molar-refractivity contribution < 1.29 is 47.6 Å². The van der Waals surface area contributed by atoms with E-state index in [1.807, 2.05) is 171 Å². The highest BCUT2D eigenvalue weighted by atomic mass is 16.6. The van der Waals surface area contributed by atoms with Gasteiger partial charge in [-0.1, -0.05) is 86.6 Å². The van der Waals surface area contributed by atoms with Crippen LogP contribution in [-0.2, 0) is 42.9 Å². The molecule has 13 nitrogen and oxygen atoms in total. The molecule has 1 atom stereocenters. The Morgan fingerprint density at radius 2 is 0.719 bits per heavy atom. The largest absolute Gasteiger partial charge is 0.493 e. The molecule has 0 bridgehead atoms. The Hall–Kier alpha value is -6.08. The third-order valence-electron chi connectivity index (χ3n) is 11.3. The minimum Gasteiger partial charge on any atom is -0.493 e. The standard InChI is InChI=1S/C51H67N3O10/c1-6-50(38-61-46(55)28-32-52(3)42-20-12-8-13-21-42,39-62-47(56)29-33-53(4)43-22-14-9-15-23-43)36-59-37-51(7-2,41-64-49(58)31-35-60-45-26-18-11-19-27-45)40-63-48(57)30-34-54(5)44-24-16-10-17-25-44/h8-27H,6-7,28-41H2,1-5H3. The number of anilines is 3. The highest BCUT2D eigenvalue weighted by Crippen LogP contribution is 2.29. The van der Waals surface area contributed by atoms with Crippen LogP contribution in [0.4, 0.5) is 17.1 Å². The van der Waals surface area contributed by atoms with Gasteiger partial charge in [-0.25, -0.2) is 0 Å². The van der Waals surface area contributed by atoms with Gasteiger partial charge in [0.2, 0.25) is 0 Å². The summed E-state index contributed by atoms with van der Waals surface area (Å²) < 4.78 is 35.6. The minimum atomic E-state index is -0.923. The first-order chi connectivity index (χ1) is 30.9. The fourth-order valence-electron chi connectivity index (χ4n) is 6.55. The van der Waals surface area contributed by atoms with Crippen LogP contribution >= 0.6 is 0 Å². The van der Waals surface area contributed by atoms with E-state index in [2.05, 4.69) is 0 Å². The zero-order chi connectivity index (χ0) is 46.0. The Kier molecular flexibility index (Phi) is 21.5. The van der Waals surface area contributed by atoms with E-state index in [1.165, 1.54) is 0 Å². The molecule has 346 valence electrons. The molecule has 0 saturated carbocycles. The molecule has 0 fully saturated rings. The molecule has 0 heterocycles. The van der Waals surface area contributed by atoms with Crippen LogP contribution in [0.1, 0.15) is 52.4 Å². The van der Waals surface area contributed by atoms with Crippen molar-refractivity contribution in [3.8, 4) is 5.75 Å². The minimum absolute atomic E-state index is 0.0130. The van der Waals surface area contributed by atoms with E-state index in [0.29, 0.717) is 38.2 Å². The fraction of sp³-hybridized carbons (Fsp3) is 0.451. The van der Waals surface area contributed by atoms with Crippen molar-refractivity contribution in [2.45, 2.75) is 52.4 Å². The molecule has 0 aliphatic rings. The van der Waals surface area contributed by atoms with Crippen molar-refractivity contribution in [3.63, 3.8) is 0 Å². The highest BCUT2D eigenvalue weighted by Gasteiger charge is 2.37. The number of rotatable bonds is 30. The SMILES string of the molecule is CCC(COCC(CC)(COC(=O)CCN(C)c1ccccc1)COC(=O)CCN(C)c1ccccc1)(COC(=O)CCOc1ccccc1)COC(=O)CCN(C)c1ccccc1. The van der Waals surface area contributed by atoms with Crippen LogP contribution in [0.5, 0.6) is 5.75 Å². The molecule has 0 N–H and O–H groups in total. The number of esters is 4. The molecular weight excluding hydrogens is 815 g/mol. The van der Waals surface area contributed by atoms with E-state index in [4.69, 9.17) is 28.4 Å². The third kappa shape index (κ3) is 18.0. The average Bonchev–Trinajstić information content (AvgIpc) is 3.34. The van der Waals surface area contributed by atoms with Crippen LogP contribution in [0, 0.1) is 10.8 Å². The highest BCUT2D eigenvalue weighted by molar-refractivity contribution is 5.71. The topological polar surface area (TPSA) is 133 Å². The second-order valence-corrected chi connectivity index (χ2v) is 16.3. The summed E-state index contributed by atoms with van der Waals surface area (Å²) in [6, 6.07) is 38.5. The molecule has 0 saturated heterocycles. The van der Waals surface area contributed by atoms with E-state index in [1.54, 1.807) is 0 Å². The monoisotopic (exact) mass is 881 g/mol. The summed E-state index contributed by atoms with van der Waals surface area (Å²) in [6.45, 7) is 5.09. The molecule has 4 aromatic rings. The van der Waals surface area contributed by atoms with Gasteiger partial charge in [0.15, 0.2) is 0 Å². The predicted molar refractivity (Wildman–Crippen MR) is 250 cm³/mol. The van der Waals surface area contributed by atoms with E-state index in [0.717, 1.165) is 17.1 Å². The molecule has 0 aliphatic heterocycles. The number of para-hydroxylation sites is 4. The van der Waals surface area contributed by atoms with Gasteiger partial charge in [0.1, 0.15) is 32.2 Å². The second kappa shape index (κ2) is 27.2. The van der Waals surface area contributed by atoms with Crippen LogP contribution in [0.2, 0.25) is 0 Å². The third-order valence-corrected chi connectivity index (χ3v) is 11.3. The summed E-state index contributed by atoms with van der Waals surface area (Å²) in [7, 11) is 5.74. The summed E-state index contributed by atoms with van der Waals surface area (Å²) >= 11 is 0. The van der Waals surface area contributed by atoms with E-state index in [9.17, 15) is 19.2 Å². The van der Waals surface area contributed by atoms with Crippen molar-refractivity contribution in [2.24, 2.45) is 10.8 Å². The van der Waals surface area contributed by atoms with E-state index < -0.39 is 34.7 Å². The van der Waals surface area contributed by atoms with Gasteiger partial charge in [0.05, 0.1) is 56.3 Å². The molecule has 0 aromatic heterocycles. The maximum atomic E-state index is 13.2. The summed E-state index contributed by atoms with van der Waals surface area (Å²) in [5.74, 6) is -1.02. The van der Waals surface area contributed by atoms with Crippen molar-refractivity contribution in [1.82, 2.24) is 0 Å². The second-order valence-electron chi connectivity index (χ2n) is 16.3. The number of benzene rings is 4. The van der Waals surface area contributed by atoms with Crippen molar-refractivity contribution >= 4 is 40.9 Å². The van der Waals surface area contributed by atoms with Crippen molar-refractivity contribution in [1.29, 1.82) is 0 Å². The Morgan fingerprint density at radius 3 is 1.03 bits per heavy atom. The summed E-state index contributed by atoms with van der Waals surface area (Å²) in [6.07, 6.45) is 1.32. The first kappa shape index (κ1) is 50.6. The Bertz CT molecular complexity index is 1890. The molecular formula is C51H67N3O10. The van der Waals surface area contributed by atoms with E-state index in [-0.39, 0.29) is 71.9 Å². The van der Waals surface area contributed by atoms with Gasteiger partial charge in [-0.2, -0.15) is 0 Å². The predicted octanol–water partition coefficient (Wildman–Crippen LogP) is 8.02. The van der Waals surface area contributed by atoms with Gasteiger partial charge in [-0.05, 0) is 61.4 Å². The molecule has 0 aliphatic carbocycles. The van der Waals surface area contributed by atoms with Gasteiger partial charge in [0.25, 0.3) is 0 Å². The van der Waals surface area contributed by atoms with Gasteiger partial charge in [0, 0.05) is 57.8 Å². The molecule has 4 rings (SSSR count). The van der Waals surface area contributed by atoms with Crippen LogP contribution in [0.15, 0.2) is 121 Å². The van der Waals surface area contributed by atoms with Crippen LogP contribution < -0.4 is 19.4 Å². The lowest BCUT2D eigenvalue weighted by Gasteiger charge is -2.35. The number of carbonyl (C=O) groups is 4. The Labute approximate surface area is 379 Å². The van der Waals surface area contributed by atoms with Gasteiger partial charge >= 0.3 is 23.9 Å². The molecule has 0 spiro atoms. The normalized spacial score (nSPS) is 12.0. The molecule has 13 heteroatoms. The van der Waals surface area contributed by atoms with Crippen LogP contribution in [-0.4, -0.2) is 111 Å². The molecule has 1 unspecified atom stereocenters. The first-order valence-electron chi connectivity index (χ1n) is 22.1. The summed E-state index contributed by atoms with van der Waals surface area (Å²) in [4.78, 5) is 58.5. The van der Waals surface area contributed by atoms with Gasteiger partial charge in [-0.3, -0.25) is 19.2 Å². The maximum Gasteiger partial charge on any atom is 0.309 e. The van der Waals surface area contributed by atoms with Crippen LogP contribution in [0.25, 0.3) is 0 Å². The first-order valence-corrected chi connectivity index (χ1v) is 22.1. The average molecular weight is 882 g/mol. The number of hydrogen-bond donors (Lipinski definition) is 0. The lowest BCUT2D eigenvalue weighted by Crippen LogP contribution is -2.43. The smallest absolute Gasteiger partial charge is 0.309 e. The van der Waals surface area contributed by atoms with Crippen molar-refractivity contribution in [2.75, 3.05) is 102 Å². The van der Waals surface area contributed by atoms with Gasteiger partial charge in [-0.15, -0.1) is 0 Å². The fourth-order valence-corrected chi connectivity index (χ4v) is 6.55.